The molecule has 2 N–H and O–H groups in total. The van der Waals surface area contributed by atoms with Crippen LogP contribution in [-0.4, -0.2) is 34.8 Å². The number of hydrogen-bond acceptors (Lipinski definition) is 6. The fourth-order valence-electron chi connectivity index (χ4n) is 0.836. The predicted octanol–water partition coefficient (Wildman–Crippen LogP) is -0.427. The van der Waals surface area contributed by atoms with Crippen LogP contribution in [0.1, 0.15) is 13.8 Å². The summed E-state index contributed by atoms with van der Waals surface area (Å²) in [5.74, 6) is 0. The zero-order valence-corrected chi connectivity index (χ0v) is 10.3. The molecular formula is C6H16NO5PSi. The molecule has 0 aliphatic carbocycles. The van der Waals surface area contributed by atoms with E-state index in [-0.39, 0.29) is 26.4 Å². The van der Waals surface area contributed by atoms with Crippen molar-refractivity contribution in [3.63, 3.8) is 0 Å². The highest BCUT2D eigenvalue weighted by atomic mass is 31.4. The standard InChI is InChI=1S/C6H16NO5PSi/c1-3-10-14(11-4-2,13(8)9)12-6-5-7/h3-7H2,1-2H3. The lowest BCUT2D eigenvalue weighted by Crippen LogP contribution is -2.46. The first kappa shape index (κ1) is 14.1. The summed E-state index contributed by atoms with van der Waals surface area (Å²) in [6.45, 7) is 4.20. The summed E-state index contributed by atoms with van der Waals surface area (Å²) in [6.07, 6.45) is 0. The van der Waals surface area contributed by atoms with Crippen LogP contribution in [0.2, 0.25) is 0 Å². The zero-order valence-electron chi connectivity index (χ0n) is 8.39. The fourth-order valence-corrected chi connectivity index (χ4v) is 4.50. The van der Waals surface area contributed by atoms with Crippen LogP contribution in [0.5, 0.6) is 0 Å². The largest absolute Gasteiger partial charge is 0.801 e. The number of hydrogen-bond donors (Lipinski definition) is 1. The topological polar surface area (TPSA) is 93.8 Å². The van der Waals surface area contributed by atoms with Gasteiger partial charge < -0.3 is 23.9 Å². The quantitative estimate of drug-likeness (QED) is 0.458. The summed E-state index contributed by atoms with van der Waals surface area (Å²) in [7, 11) is -6.38. The summed E-state index contributed by atoms with van der Waals surface area (Å²) in [4.78, 5) is 11.0. The first-order valence-electron chi connectivity index (χ1n) is 4.39. The molecule has 84 valence electrons. The lowest BCUT2D eigenvalue weighted by Gasteiger charge is -2.18. The molecule has 0 aliphatic rings. The van der Waals surface area contributed by atoms with Crippen molar-refractivity contribution >= 4 is 16.0 Å². The Balaban J connectivity index is 4.46. The van der Waals surface area contributed by atoms with Crippen molar-refractivity contribution in [2.45, 2.75) is 13.8 Å². The maximum Gasteiger partial charge on any atom is 0.801 e. The second kappa shape index (κ2) is 7.41. The van der Waals surface area contributed by atoms with Gasteiger partial charge in [0.15, 0.2) is 0 Å². The van der Waals surface area contributed by atoms with Crippen molar-refractivity contribution in [2.24, 2.45) is 5.73 Å². The van der Waals surface area contributed by atoms with E-state index in [1.54, 1.807) is 13.8 Å². The minimum absolute atomic E-state index is 0.121. The number of nitrogens with two attached hydrogens (primary N) is 1. The van der Waals surface area contributed by atoms with Gasteiger partial charge in [-0.05, 0) is 13.8 Å². The molecular weight excluding hydrogens is 225 g/mol. The van der Waals surface area contributed by atoms with Gasteiger partial charge in [-0.15, -0.1) is 0 Å². The van der Waals surface area contributed by atoms with Crippen LogP contribution in [-0.2, 0) is 17.8 Å². The zero-order chi connectivity index (χ0) is 11.0. The van der Waals surface area contributed by atoms with Gasteiger partial charge in [-0.1, -0.05) is 4.57 Å². The van der Waals surface area contributed by atoms with Crippen molar-refractivity contribution in [1.29, 1.82) is 0 Å². The van der Waals surface area contributed by atoms with E-state index in [0.717, 1.165) is 0 Å². The maximum atomic E-state index is 11.0. The molecule has 0 amide bonds. The van der Waals surface area contributed by atoms with E-state index in [4.69, 9.17) is 19.0 Å². The van der Waals surface area contributed by atoms with Crippen LogP contribution in [0.15, 0.2) is 0 Å². The van der Waals surface area contributed by atoms with Crippen LogP contribution in [0, 0.1) is 0 Å². The van der Waals surface area contributed by atoms with Gasteiger partial charge in [-0.25, -0.2) is 0 Å². The molecule has 0 bridgehead atoms. The molecule has 0 radical (unpaired) electrons. The third kappa shape index (κ3) is 4.10. The smallest absolute Gasteiger partial charge is 0.603 e. The van der Waals surface area contributed by atoms with Crippen LogP contribution < -0.4 is 10.6 Å². The van der Waals surface area contributed by atoms with E-state index < -0.39 is 16.0 Å². The maximum absolute atomic E-state index is 11.0. The normalized spacial score (nSPS) is 13.0. The van der Waals surface area contributed by atoms with Gasteiger partial charge >= 0.3 is 16.0 Å². The van der Waals surface area contributed by atoms with Gasteiger partial charge in [0.25, 0.3) is 0 Å². The first-order valence-corrected chi connectivity index (χ1v) is 8.13. The SMILES string of the molecule is CCO[Si](OCC)(OCCN)[P+](=O)[O-]. The van der Waals surface area contributed by atoms with E-state index >= 15 is 0 Å². The minimum Gasteiger partial charge on any atom is -0.603 e. The van der Waals surface area contributed by atoms with Crippen molar-refractivity contribution in [1.82, 2.24) is 0 Å². The summed E-state index contributed by atoms with van der Waals surface area (Å²) in [5.41, 5.74) is 5.22. The highest BCUT2D eigenvalue weighted by molar-refractivity contribution is 7.77. The number of rotatable bonds is 8. The molecule has 0 aromatic heterocycles. The van der Waals surface area contributed by atoms with Crippen molar-refractivity contribution in [2.75, 3.05) is 26.4 Å². The Kier molecular flexibility index (Phi) is 7.48. The second-order valence-corrected chi connectivity index (χ2v) is 7.45. The summed E-state index contributed by atoms with van der Waals surface area (Å²) in [6, 6.07) is 0. The molecule has 0 aromatic rings. The average molecular weight is 241 g/mol. The lowest BCUT2D eigenvalue weighted by molar-refractivity contribution is -0.164. The van der Waals surface area contributed by atoms with Crippen molar-refractivity contribution in [3.05, 3.63) is 0 Å². The molecule has 0 spiro atoms. The van der Waals surface area contributed by atoms with Gasteiger partial charge in [0, 0.05) is 19.8 Å². The monoisotopic (exact) mass is 241 g/mol. The highest BCUT2D eigenvalue weighted by Crippen LogP contribution is 2.30. The van der Waals surface area contributed by atoms with E-state index in [9.17, 15) is 9.46 Å². The molecule has 0 aromatic carbocycles. The summed E-state index contributed by atoms with van der Waals surface area (Å²) >= 11 is 0. The van der Waals surface area contributed by atoms with E-state index in [0.29, 0.717) is 0 Å². The molecule has 0 heterocycles. The van der Waals surface area contributed by atoms with Crippen molar-refractivity contribution < 1.29 is 22.7 Å². The summed E-state index contributed by atoms with van der Waals surface area (Å²) < 4.78 is 26.2. The molecule has 0 aliphatic heterocycles. The second-order valence-electron chi connectivity index (χ2n) is 2.28. The predicted molar refractivity (Wildman–Crippen MR) is 51.6 cm³/mol. The molecule has 1 unspecified atom stereocenters. The first-order chi connectivity index (χ1) is 6.63. The Morgan fingerprint density at radius 3 is 2.07 bits per heavy atom. The third-order valence-electron chi connectivity index (χ3n) is 1.28. The van der Waals surface area contributed by atoms with Gasteiger partial charge in [-0.2, -0.15) is 0 Å². The minimum atomic E-state index is -3.52. The van der Waals surface area contributed by atoms with Crippen LogP contribution in [0.4, 0.5) is 0 Å². The average Bonchev–Trinajstić information content (AvgIpc) is 2.14. The molecule has 0 rings (SSSR count). The van der Waals surface area contributed by atoms with Gasteiger partial charge in [0.2, 0.25) is 0 Å². The Hall–Kier alpha value is 0.117. The van der Waals surface area contributed by atoms with Gasteiger partial charge in [-0.3, -0.25) is 0 Å². The Morgan fingerprint density at radius 2 is 1.79 bits per heavy atom. The molecule has 0 saturated carbocycles. The van der Waals surface area contributed by atoms with E-state index in [2.05, 4.69) is 0 Å². The molecule has 0 saturated heterocycles. The van der Waals surface area contributed by atoms with E-state index in [1.165, 1.54) is 0 Å². The van der Waals surface area contributed by atoms with Crippen LogP contribution >= 0.6 is 7.58 Å². The molecule has 14 heavy (non-hydrogen) atoms. The van der Waals surface area contributed by atoms with Crippen molar-refractivity contribution in [3.8, 4) is 0 Å². The van der Waals surface area contributed by atoms with E-state index in [1.807, 2.05) is 0 Å². The molecule has 0 fully saturated rings. The molecule has 6 nitrogen and oxygen atoms in total. The highest BCUT2D eigenvalue weighted by Gasteiger charge is 2.60. The summed E-state index contributed by atoms with van der Waals surface area (Å²) in [5, 5.41) is 0. The molecule has 8 heteroatoms. The Morgan fingerprint density at radius 1 is 1.29 bits per heavy atom. The van der Waals surface area contributed by atoms with Crippen LogP contribution in [0.3, 0.4) is 0 Å². The Labute approximate surface area is 85.4 Å². The van der Waals surface area contributed by atoms with Gasteiger partial charge in [0.1, 0.15) is 0 Å². The third-order valence-corrected chi connectivity index (χ3v) is 6.11. The van der Waals surface area contributed by atoms with Crippen LogP contribution in [0.25, 0.3) is 0 Å². The van der Waals surface area contributed by atoms with Gasteiger partial charge in [0.05, 0.1) is 6.61 Å². The Bertz CT molecular complexity index is 176. The lowest BCUT2D eigenvalue weighted by atomic mass is 10.8. The molecule has 1 atom stereocenters. The fraction of sp³-hybridized carbons (Fsp3) is 1.00.